The number of nitrogens with one attached hydrogen (secondary N) is 3. The molecule has 3 heterocycles. The molecular weight excluding hydrogens is 492 g/mol. The van der Waals surface area contributed by atoms with E-state index >= 15 is 0 Å². The second-order valence-corrected chi connectivity index (χ2v) is 10.4. The number of halogens is 1. The van der Waals surface area contributed by atoms with Crippen molar-refractivity contribution >= 4 is 40.8 Å². The lowest BCUT2D eigenvalue weighted by atomic mass is 9.70. The Morgan fingerprint density at radius 2 is 1.81 bits per heavy atom. The lowest BCUT2D eigenvalue weighted by molar-refractivity contribution is -0.136. The van der Waals surface area contributed by atoms with Crippen molar-refractivity contribution in [1.29, 1.82) is 0 Å². The number of carbonyl (C=O) groups excluding carboxylic acids is 3. The van der Waals surface area contributed by atoms with Gasteiger partial charge in [0.05, 0.1) is 17.1 Å². The molecule has 2 aromatic carbocycles. The van der Waals surface area contributed by atoms with Crippen LogP contribution in [0.1, 0.15) is 42.6 Å². The van der Waals surface area contributed by atoms with Crippen LogP contribution in [0.2, 0.25) is 0 Å². The van der Waals surface area contributed by atoms with Crippen molar-refractivity contribution in [2.75, 3.05) is 13.1 Å². The summed E-state index contributed by atoms with van der Waals surface area (Å²) in [7, 11) is 0. The monoisotopic (exact) mass is 524 g/mol. The number of H-pyrrole nitrogens is 1. The van der Waals surface area contributed by atoms with E-state index < -0.39 is 29.0 Å². The van der Waals surface area contributed by atoms with E-state index in [0.717, 1.165) is 16.5 Å². The summed E-state index contributed by atoms with van der Waals surface area (Å²) in [6.45, 7) is 4.45. The fourth-order valence-electron chi connectivity index (χ4n) is 5.35. The maximum atomic E-state index is 14.3. The Kier molecular flexibility index (Phi) is 7.46. The molecule has 1 unspecified atom stereocenters. The molecule has 9 heteroatoms. The lowest BCUT2D eigenvalue weighted by Gasteiger charge is -2.46. The maximum Gasteiger partial charge on any atom is 0.240 e. The molecule has 5 rings (SSSR count). The molecule has 0 radical (unpaired) electrons. The number of para-hydroxylation sites is 2. The number of ether oxygens (including phenoxy) is 1. The Morgan fingerprint density at radius 3 is 2.54 bits per heavy atom. The van der Waals surface area contributed by atoms with Crippen molar-refractivity contribution in [1.82, 2.24) is 15.6 Å². The average Bonchev–Trinajstić information content (AvgIpc) is 3.26. The Hall–Kier alpha value is -3.20. The normalized spacial score (nSPS) is 19.4. The molecule has 2 atom stereocenters. The lowest BCUT2D eigenvalue weighted by Crippen LogP contribution is -2.63. The highest BCUT2D eigenvalue weighted by atomic mass is 35.5. The van der Waals surface area contributed by atoms with Gasteiger partial charge >= 0.3 is 0 Å². The van der Waals surface area contributed by atoms with Gasteiger partial charge in [0.25, 0.3) is 0 Å². The zero-order chi connectivity index (χ0) is 25.5. The third kappa shape index (κ3) is 5.01. The van der Waals surface area contributed by atoms with Crippen LogP contribution in [0, 0.1) is 5.92 Å². The van der Waals surface area contributed by atoms with E-state index in [-0.39, 0.29) is 30.4 Å². The van der Waals surface area contributed by atoms with E-state index in [9.17, 15) is 14.4 Å². The van der Waals surface area contributed by atoms with Crippen molar-refractivity contribution in [2.24, 2.45) is 11.7 Å². The van der Waals surface area contributed by atoms with Gasteiger partial charge in [0.15, 0.2) is 11.6 Å². The van der Waals surface area contributed by atoms with E-state index in [1.54, 1.807) is 32.0 Å². The van der Waals surface area contributed by atoms with E-state index in [4.69, 9.17) is 10.5 Å². The second-order valence-electron chi connectivity index (χ2n) is 10.4. The fourth-order valence-corrected chi connectivity index (χ4v) is 5.35. The SMILES string of the molecule is CC(C)(N)C(=O)NC(Cc1c[nH]c2ccccc12)C(=O)[C@H]1C(=O)c2ccccc2OC12CCNCC2.Cl. The van der Waals surface area contributed by atoms with Gasteiger partial charge in [-0.1, -0.05) is 30.3 Å². The van der Waals surface area contributed by atoms with Gasteiger partial charge in [-0.3, -0.25) is 14.4 Å². The molecular formula is C28H33ClN4O4. The van der Waals surface area contributed by atoms with Crippen LogP contribution in [-0.2, 0) is 16.0 Å². The number of rotatable bonds is 6. The van der Waals surface area contributed by atoms with Gasteiger partial charge < -0.3 is 26.1 Å². The smallest absolute Gasteiger partial charge is 0.240 e. The summed E-state index contributed by atoms with van der Waals surface area (Å²) in [5, 5.41) is 7.13. The first-order valence-corrected chi connectivity index (χ1v) is 12.4. The molecule has 5 N–H and O–H groups in total. The molecule has 196 valence electrons. The highest BCUT2D eigenvalue weighted by Crippen LogP contribution is 2.43. The van der Waals surface area contributed by atoms with Gasteiger partial charge in [-0.15, -0.1) is 12.4 Å². The number of benzene rings is 2. The Morgan fingerprint density at radius 1 is 1.14 bits per heavy atom. The quantitative estimate of drug-likeness (QED) is 0.367. The number of piperidine rings is 1. The van der Waals surface area contributed by atoms with Crippen molar-refractivity contribution in [3.8, 4) is 5.75 Å². The summed E-state index contributed by atoms with van der Waals surface area (Å²) < 4.78 is 6.47. The molecule has 1 amide bonds. The molecule has 0 aliphatic carbocycles. The molecule has 0 saturated carbocycles. The first-order chi connectivity index (χ1) is 17.2. The number of fused-ring (bicyclic) bond motifs is 2. The van der Waals surface area contributed by atoms with Gasteiger partial charge in [-0.25, -0.2) is 0 Å². The number of aromatic amines is 1. The highest BCUT2D eigenvalue weighted by Gasteiger charge is 2.55. The number of carbonyl (C=O) groups is 3. The van der Waals surface area contributed by atoms with Crippen molar-refractivity contribution < 1.29 is 19.1 Å². The molecule has 2 aliphatic heterocycles. The maximum absolute atomic E-state index is 14.3. The third-order valence-corrected chi connectivity index (χ3v) is 7.32. The first-order valence-electron chi connectivity index (χ1n) is 12.4. The van der Waals surface area contributed by atoms with Crippen LogP contribution in [0.25, 0.3) is 10.9 Å². The number of hydrogen-bond donors (Lipinski definition) is 4. The molecule has 1 aromatic heterocycles. The van der Waals surface area contributed by atoms with Crippen LogP contribution in [0.15, 0.2) is 54.7 Å². The van der Waals surface area contributed by atoms with Gasteiger partial charge in [0.1, 0.15) is 17.3 Å². The summed E-state index contributed by atoms with van der Waals surface area (Å²) in [4.78, 5) is 44.4. The topological polar surface area (TPSA) is 126 Å². The molecule has 1 saturated heterocycles. The second kappa shape index (κ2) is 10.3. The molecule has 1 fully saturated rings. The van der Waals surface area contributed by atoms with Gasteiger partial charge in [-0.2, -0.15) is 0 Å². The number of Topliss-reactive ketones (excluding diaryl/α,β-unsaturated/α-hetero) is 2. The summed E-state index contributed by atoms with van der Waals surface area (Å²) in [6, 6.07) is 13.9. The van der Waals surface area contributed by atoms with Gasteiger partial charge in [0, 0.05) is 36.4 Å². The van der Waals surface area contributed by atoms with Crippen molar-refractivity contribution in [2.45, 2.75) is 50.3 Å². The zero-order valence-electron chi connectivity index (χ0n) is 21.0. The minimum absolute atomic E-state index is 0. The summed E-state index contributed by atoms with van der Waals surface area (Å²) in [6.07, 6.45) is 3.10. The van der Waals surface area contributed by atoms with Gasteiger partial charge in [0.2, 0.25) is 5.91 Å². The predicted octanol–water partition coefficient (Wildman–Crippen LogP) is 2.94. The Bertz CT molecular complexity index is 1320. The summed E-state index contributed by atoms with van der Waals surface area (Å²) in [5.74, 6) is -1.59. The zero-order valence-corrected chi connectivity index (χ0v) is 21.8. The largest absolute Gasteiger partial charge is 0.485 e. The van der Waals surface area contributed by atoms with Gasteiger partial charge in [-0.05, 0) is 50.7 Å². The minimum Gasteiger partial charge on any atom is -0.485 e. The van der Waals surface area contributed by atoms with Crippen LogP contribution >= 0.6 is 12.4 Å². The standard InChI is InChI=1S/C28H32N4O4.ClH/c1-27(2,29)26(35)32-21(15-17-16-31-20-9-5-3-7-18(17)20)25(34)23-24(33)19-8-4-6-10-22(19)36-28(23)11-13-30-14-12-28;/h3-10,16,21,23,30-31H,11-15,29H2,1-2H3,(H,32,35);1H/t21?,23-;/m1./s1. The number of hydrogen-bond acceptors (Lipinski definition) is 6. The number of nitrogens with two attached hydrogens (primary N) is 1. The van der Waals surface area contributed by atoms with Crippen LogP contribution < -0.4 is 21.1 Å². The molecule has 0 bridgehead atoms. The fraction of sp³-hybridized carbons (Fsp3) is 0.393. The Balaban J connectivity index is 0.00000320. The average molecular weight is 525 g/mol. The predicted molar refractivity (Wildman–Crippen MR) is 144 cm³/mol. The molecule has 8 nitrogen and oxygen atoms in total. The number of ketones is 2. The summed E-state index contributed by atoms with van der Waals surface area (Å²) in [5.41, 5.74) is 6.13. The summed E-state index contributed by atoms with van der Waals surface area (Å²) >= 11 is 0. The van der Waals surface area contributed by atoms with Crippen LogP contribution in [0.5, 0.6) is 5.75 Å². The molecule has 37 heavy (non-hydrogen) atoms. The van der Waals surface area contributed by atoms with Crippen LogP contribution in [0.3, 0.4) is 0 Å². The van der Waals surface area contributed by atoms with Crippen molar-refractivity contribution in [3.63, 3.8) is 0 Å². The van der Waals surface area contributed by atoms with Crippen LogP contribution in [0.4, 0.5) is 0 Å². The molecule has 3 aromatic rings. The van der Waals surface area contributed by atoms with E-state index in [1.807, 2.05) is 36.5 Å². The number of aromatic nitrogens is 1. The van der Waals surface area contributed by atoms with E-state index in [1.165, 1.54) is 0 Å². The molecule has 1 spiro atoms. The Labute approximate surface area is 222 Å². The highest BCUT2D eigenvalue weighted by molar-refractivity contribution is 6.15. The van der Waals surface area contributed by atoms with Crippen molar-refractivity contribution in [3.05, 3.63) is 65.9 Å². The van der Waals surface area contributed by atoms with E-state index in [2.05, 4.69) is 15.6 Å². The third-order valence-electron chi connectivity index (χ3n) is 7.32. The molecule has 2 aliphatic rings. The van der Waals surface area contributed by atoms with Crippen LogP contribution in [-0.4, -0.2) is 52.7 Å². The minimum atomic E-state index is -1.19. The first kappa shape index (κ1) is 26.9. The number of amides is 1. The van der Waals surface area contributed by atoms with E-state index in [0.29, 0.717) is 37.2 Å².